The number of amides is 3. The zero-order valence-electron chi connectivity index (χ0n) is 18.4. The van der Waals surface area contributed by atoms with Crippen LogP contribution in [0.25, 0.3) is 11.5 Å². The number of nitrogens with zero attached hydrogens (tertiary/aromatic N) is 5. The van der Waals surface area contributed by atoms with E-state index in [1.807, 2.05) is 30.3 Å². The highest BCUT2D eigenvalue weighted by Crippen LogP contribution is 2.26. The first-order valence-corrected chi connectivity index (χ1v) is 11.6. The van der Waals surface area contributed by atoms with Gasteiger partial charge in [-0.1, -0.05) is 35.1 Å². The standard InChI is InChI=1S/C23H18N6O5S/c1-29-21(31)15-8-7-14(11-16(15)22(29)32)24-18(30)9-10-19-25-17(28-34-19)12-35-23-27-26-20(33-23)13-5-3-2-4-6-13/h2-8,11H,9-10,12H2,1H3,(H,24,30). The molecule has 3 heterocycles. The van der Waals surface area contributed by atoms with Crippen LogP contribution < -0.4 is 5.32 Å². The minimum Gasteiger partial charge on any atom is -0.411 e. The number of benzene rings is 2. The van der Waals surface area contributed by atoms with Crippen LogP contribution in [0.15, 0.2) is 62.7 Å². The number of aryl methyl sites for hydroxylation is 1. The van der Waals surface area contributed by atoms with Crippen LogP contribution in [-0.2, 0) is 17.0 Å². The summed E-state index contributed by atoms with van der Waals surface area (Å²) < 4.78 is 10.9. The molecule has 5 rings (SSSR count). The summed E-state index contributed by atoms with van der Waals surface area (Å²) in [5.41, 5.74) is 1.86. The number of carbonyl (C=O) groups excluding carboxylic acids is 3. The summed E-state index contributed by atoms with van der Waals surface area (Å²) in [4.78, 5) is 41.8. The highest BCUT2D eigenvalue weighted by Gasteiger charge is 2.32. The molecule has 1 aliphatic rings. The maximum atomic E-state index is 12.3. The molecule has 0 saturated carbocycles. The Morgan fingerprint density at radius 1 is 1.06 bits per heavy atom. The molecule has 0 radical (unpaired) electrons. The number of hydrogen-bond donors (Lipinski definition) is 1. The van der Waals surface area contributed by atoms with Crippen molar-refractivity contribution in [2.24, 2.45) is 0 Å². The molecule has 3 amide bonds. The Bertz CT molecular complexity index is 1420. The second-order valence-electron chi connectivity index (χ2n) is 7.61. The maximum Gasteiger partial charge on any atom is 0.277 e. The molecule has 35 heavy (non-hydrogen) atoms. The Balaban J connectivity index is 1.11. The average Bonchev–Trinajstić information content (AvgIpc) is 3.59. The molecule has 11 nitrogen and oxygen atoms in total. The molecule has 2 aromatic carbocycles. The van der Waals surface area contributed by atoms with Crippen molar-refractivity contribution in [2.45, 2.75) is 23.8 Å². The first kappa shape index (κ1) is 22.5. The fraction of sp³-hybridized carbons (Fsp3) is 0.174. The fourth-order valence-corrected chi connectivity index (χ4v) is 4.03. The molecule has 0 bridgehead atoms. The highest BCUT2D eigenvalue weighted by molar-refractivity contribution is 7.98. The van der Waals surface area contributed by atoms with Crippen molar-refractivity contribution in [1.82, 2.24) is 25.2 Å². The second kappa shape index (κ2) is 9.50. The van der Waals surface area contributed by atoms with Crippen molar-refractivity contribution in [3.8, 4) is 11.5 Å². The van der Waals surface area contributed by atoms with Gasteiger partial charge in [-0.15, -0.1) is 10.2 Å². The number of imide groups is 1. The SMILES string of the molecule is CN1C(=O)c2ccc(NC(=O)CCc3nc(CSc4nnc(-c5ccccc5)o4)no3)cc2C1=O. The Labute approximate surface area is 202 Å². The lowest BCUT2D eigenvalue weighted by Gasteiger charge is -2.05. The molecule has 1 N–H and O–H groups in total. The molecule has 12 heteroatoms. The van der Waals surface area contributed by atoms with Crippen LogP contribution in [-0.4, -0.2) is 50.0 Å². The maximum absolute atomic E-state index is 12.3. The number of thioether (sulfide) groups is 1. The van der Waals surface area contributed by atoms with E-state index in [4.69, 9.17) is 8.94 Å². The molecule has 0 spiro atoms. The molecule has 4 aromatic rings. The normalized spacial score (nSPS) is 12.8. The lowest BCUT2D eigenvalue weighted by Crippen LogP contribution is -2.24. The summed E-state index contributed by atoms with van der Waals surface area (Å²) in [7, 11) is 1.42. The number of rotatable bonds is 8. The Morgan fingerprint density at radius 3 is 2.69 bits per heavy atom. The van der Waals surface area contributed by atoms with Crippen LogP contribution in [0.1, 0.15) is 38.9 Å². The van der Waals surface area contributed by atoms with E-state index in [9.17, 15) is 14.4 Å². The van der Waals surface area contributed by atoms with Gasteiger partial charge in [0.25, 0.3) is 17.0 Å². The van der Waals surface area contributed by atoms with Gasteiger partial charge in [0.15, 0.2) is 5.82 Å². The third-order valence-electron chi connectivity index (χ3n) is 5.20. The van der Waals surface area contributed by atoms with Gasteiger partial charge < -0.3 is 14.3 Å². The van der Waals surface area contributed by atoms with Crippen molar-refractivity contribution in [2.75, 3.05) is 12.4 Å². The average molecular weight is 491 g/mol. The van der Waals surface area contributed by atoms with Crippen molar-refractivity contribution in [1.29, 1.82) is 0 Å². The molecule has 0 aliphatic carbocycles. The topological polar surface area (TPSA) is 144 Å². The van der Waals surface area contributed by atoms with Gasteiger partial charge in [0, 0.05) is 31.1 Å². The quantitative estimate of drug-likeness (QED) is 0.289. The Kier molecular flexibility index (Phi) is 6.10. The van der Waals surface area contributed by atoms with Crippen molar-refractivity contribution in [3.05, 3.63) is 71.4 Å². The first-order chi connectivity index (χ1) is 17.0. The van der Waals surface area contributed by atoms with Gasteiger partial charge in [0.2, 0.25) is 17.7 Å². The minimum absolute atomic E-state index is 0.0999. The van der Waals surface area contributed by atoms with E-state index in [0.717, 1.165) is 10.5 Å². The number of anilines is 1. The fourth-order valence-electron chi connectivity index (χ4n) is 3.43. The molecule has 1 aliphatic heterocycles. The van der Waals surface area contributed by atoms with Crippen LogP contribution >= 0.6 is 11.8 Å². The lowest BCUT2D eigenvalue weighted by atomic mass is 10.1. The van der Waals surface area contributed by atoms with Crippen molar-refractivity contribution >= 4 is 35.2 Å². The summed E-state index contributed by atoms with van der Waals surface area (Å²) in [5, 5.41) is 15.1. The summed E-state index contributed by atoms with van der Waals surface area (Å²) in [6.45, 7) is 0. The molecule has 0 unspecified atom stereocenters. The monoisotopic (exact) mass is 490 g/mol. The summed E-state index contributed by atoms with van der Waals surface area (Å²) in [5.74, 6) is 0.516. The van der Waals surface area contributed by atoms with E-state index < -0.39 is 5.91 Å². The highest BCUT2D eigenvalue weighted by atomic mass is 32.2. The number of nitrogens with one attached hydrogen (secondary N) is 1. The molecular weight excluding hydrogens is 472 g/mol. The van der Waals surface area contributed by atoms with Gasteiger partial charge in [-0.05, 0) is 30.3 Å². The number of fused-ring (bicyclic) bond motifs is 1. The van der Waals surface area contributed by atoms with Crippen LogP contribution in [0.5, 0.6) is 0 Å². The van der Waals surface area contributed by atoms with E-state index in [2.05, 4.69) is 25.7 Å². The third-order valence-corrected chi connectivity index (χ3v) is 6.02. The van der Waals surface area contributed by atoms with E-state index >= 15 is 0 Å². The van der Waals surface area contributed by atoms with Gasteiger partial charge in [0.05, 0.1) is 16.9 Å². The minimum atomic E-state index is -0.394. The zero-order chi connectivity index (χ0) is 24.4. The first-order valence-electron chi connectivity index (χ1n) is 10.6. The van der Waals surface area contributed by atoms with Gasteiger partial charge in [-0.2, -0.15) is 4.98 Å². The van der Waals surface area contributed by atoms with Crippen molar-refractivity contribution in [3.63, 3.8) is 0 Å². The van der Waals surface area contributed by atoms with Crippen LogP contribution in [0.4, 0.5) is 5.69 Å². The molecule has 176 valence electrons. The molecule has 2 aromatic heterocycles. The van der Waals surface area contributed by atoms with Gasteiger partial charge >= 0.3 is 0 Å². The van der Waals surface area contributed by atoms with Crippen LogP contribution in [0, 0.1) is 0 Å². The third kappa shape index (κ3) is 4.82. The lowest BCUT2D eigenvalue weighted by molar-refractivity contribution is -0.116. The largest absolute Gasteiger partial charge is 0.411 e. The van der Waals surface area contributed by atoms with Gasteiger partial charge in [-0.25, -0.2) is 0 Å². The van der Waals surface area contributed by atoms with E-state index in [0.29, 0.717) is 39.8 Å². The second-order valence-corrected chi connectivity index (χ2v) is 8.54. The van der Waals surface area contributed by atoms with Crippen molar-refractivity contribution < 1.29 is 23.3 Å². The predicted octanol–water partition coefficient (Wildman–Crippen LogP) is 3.21. The van der Waals surface area contributed by atoms with Gasteiger partial charge in [0.1, 0.15) is 0 Å². The summed E-state index contributed by atoms with van der Waals surface area (Å²) in [6.07, 6.45) is 0.343. The van der Waals surface area contributed by atoms with E-state index in [-0.39, 0.29) is 30.2 Å². The molecule has 0 fully saturated rings. The van der Waals surface area contributed by atoms with E-state index in [1.54, 1.807) is 6.07 Å². The van der Waals surface area contributed by atoms with Gasteiger partial charge in [-0.3, -0.25) is 19.3 Å². The number of hydrogen-bond acceptors (Lipinski definition) is 10. The molecular formula is C23H18N6O5S. The summed E-state index contributed by atoms with van der Waals surface area (Å²) >= 11 is 1.28. The van der Waals surface area contributed by atoms with Crippen LogP contribution in [0.3, 0.4) is 0 Å². The number of carbonyl (C=O) groups is 3. The van der Waals surface area contributed by atoms with Crippen LogP contribution in [0.2, 0.25) is 0 Å². The Hall–Kier alpha value is -4.32. The number of aromatic nitrogens is 4. The zero-order valence-corrected chi connectivity index (χ0v) is 19.2. The van der Waals surface area contributed by atoms with E-state index in [1.165, 1.54) is 30.9 Å². The smallest absolute Gasteiger partial charge is 0.277 e. The molecule has 0 atom stereocenters. The predicted molar refractivity (Wildman–Crippen MR) is 123 cm³/mol. The Morgan fingerprint density at radius 2 is 1.86 bits per heavy atom. The summed E-state index contributed by atoms with van der Waals surface area (Å²) in [6, 6.07) is 14.1. The molecule has 0 saturated heterocycles.